The fourth-order valence-electron chi connectivity index (χ4n) is 2.93. The minimum Gasteiger partial charge on any atom is -0.378 e. The highest BCUT2D eigenvalue weighted by atomic mass is 16.5. The predicted molar refractivity (Wildman–Crippen MR) is 81.9 cm³/mol. The van der Waals surface area contributed by atoms with Gasteiger partial charge in [0.2, 0.25) is 0 Å². The Morgan fingerprint density at radius 2 is 2.22 bits per heavy atom. The van der Waals surface area contributed by atoms with Gasteiger partial charge in [-0.25, -0.2) is 9.50 Å². The molecule has 0 saturated heterocycles. The molecule has 1 aliphatic carbocycles. The molecule has 2 aromatic heterocycles. The molecule has 0 aliphatic heterocycles. The van der Waals surface area contributed by atoms with Crippen LogP contribution in [0.25, 0.3) is 5.65 Å². The van der Waals surface area contributed by atoms with E-state index in [9.17, 15) is 9.59 Å². The number of carbonyl (C=O) groups is 2. The Labute approximate surface area is 133 Å². The SMILES string of the molecule is COCc1nn2c(C(=O)N[C@H]3C[C@H](C)C3)ccnc2c1C(N)=O. The molecule has 8 heteroatoms. The monoisotopic (exact) mass is 317 g/mol. The predicted octanol–water partition coefficient (Wildman–Crippen LogP) is 0.503. The Hall–Kier alpha value is -2.48. The highest BCUT2D eigenvalue weighted by Gasteiger charge is 2.28. The minimum atomic E-state index is -0.648. The zero-order valence-electron chi connectivity index (χ0n) is 13.1. The Morgan fingerprint density at radius 3 is 2.83 bits per heavy atom. The Kier molecular flexibility index (Phi) is 3.99. The second kappa shape index (κ2) is 5.96. The lowest BCUT2D eigenvalue weighted by atomic mass is 9.82. The molecular formula is C15H19N5O3. The molecule has 0 bridgehead atoms. The van der Waals surface area contributed by atoms with Crippen molar-refractivity contribution in [1.29, 1.82) is 0 Å². The van der Waals surface area contributed by atoms with Gasteiger partial charge in [0, 0.05) is 19.3 Å². The second-order valence-electron chi connectivity index (χ2n) is 5.93. The number of ether oxygens (including phenoxy) is 1. The van der Waals surface area contributed by atoms with Crippen molar-refractivity contribution < 1.29 is 14.3 Å². The van der Waals surface area contributed by atoms with E-state index in [2.05, 4.69) is 22.3 Å². The van der Waals surface area contributed by atoms with Crippen molar-refractivity contribution in [2.45, 2.75) is 32.4 Å². The molecule has 3 N–H and O–H groups in total. The normalized spacial score (nSPS) is 20.3. The van der Waals surface area contributed by atoms with E-state index >= 15 is 0 Å². The summed E-state index contributed by atoms with van der Waals surface area (Å²) in [5.74, 6) is -0.251. The first-order chi connectivity index (χ1) is 11.0. The Bertz CT molecular complexity index is 764. The van der Waals surface area contributed by atoms with Crippen LogP contribution in [-0.4, -0.2) is 39.6 Å². The number of aromatic nitrogens is 3. The van der Waals surface area contributed by atoms with Gasteiger partial charge in [-0.3, -0.25) is 9.59 Å². The van der Waals surface area contributed by atoms with Gasteiger partial charge in [0.15, 0.2) is 5.65 Å². The molecule has 8 nitrogen and oxygen atoms in total. The van der Waals surface area contributed by atoms with Crippen molar-refractivity contribution in [1.82, 2.24) is 19.9 Å². The topological polar surface area (TPSA) is 112 Å². The first-order valence-corrected chi connectivity index (χ1v) is 7.47. The number of hydrogen-bond donors (Lipinski definition) is 2. The summed E-state index contributed by atoms with van der Waals surface area (Å²) in [6, 6.07) is 1.75. The molecule has 2 aromatic rings. The molecule has 1 saturated carbocycles. The van der Waals surface area contributed by atoms with E-state index in [4.69, 9.17) is 10.5 Å². The molecular weight excluding hydrogens is 298 g/mol. The number of hydrogen-bond acceptors (Lipinski definition) is 5. The maximum absolute atomic E-state index is 12.5. The molecule has 1 aliphatic rings. The van der Waals surface area contributed by atoms with Crippen LogP contribution in [0.3, 0.4) is 0 Å². The van der Waals surface area contributed by atoms with Crippen LogP contribution in [0, 0.1) is 5.92 Å². The lowest BCUT2D eigenvalue weighted by molar-refractivity contribution is 0.0887. The number of rotatable bonds is 5. The van der Waals surface area contributed by atoms with Gasteiger partial charge in [-0.05, 0) is 24.8 Å². The van der Waals surface area contributed by atoms with E-state index in [0.29, 0.717) is 17.3 Å². The van der Waals surface area contributed by atoms with Gasteiger partial charge in [0.05, 0.1) is 6.61 Å². The van der Waals surface area contributed by atoms with Gasteiger partial charge in [0.25, 0.3) is 11.8 Å². The van der Waals surface area contributed by atoms with Crippen LogP contribution < -0.4 is 11.1 Å². The maximum atomic E-state index is 12.5. The van der Waals surface area contributed by atoms with Gasteiger partial charge in [-0.1, -0.05) is 6.92 Å². The van der Waals surface area contributed by atoms with Crippen molar-refractivity contribution in [3.8, 4) is 0 Å². The average Bonchev–Trinajstić information content (AvgIpc) is 2.83. The summed E-state index contributed by atoms with van der Waals surface area (Å²) >= 11 is 0. The van der Waals surface area contributed by atoms with Crippen LogP contribution >= 0.6 is 0 Å². The zero-order valence-corrected chi connectivity index (χ0v) is 13.1. The fraction of sp³-hybridized carbons (Fsp3) is 0.467. The first kappa shape index (κ1) is 15.4. The van der Waals surface area contributed by atoms with Crippen molar-refractivity contribution in [2.75, 3.05) is 7.11 Å². The van der Waals surface area contributed by atoms with Crippen LogP contribution in [0.4, 0.5) is 0 Å². The molecule has 0 unspecified atom stereocenters. The highest BCUT2D eigenvalue weighted by Crippen LogP contribution is 2.26. The van der Waals surface area contributed by atoms with Crippen LogP contribution in [0.5, 0.6) is 0 Å². The fourth-order valence-corrected chi connectivity index (χ4v) is 2.93. The van der Waals surface area contributed by atoms with Crippen LogP contribution in [0.15, 0.2) is 12.3 Å². The van der Waals surface area contributed by atoms with Crippen LogP contribution in [0.1, 0.15) is 46.3 Å². The number of nitrogens with zero attached hydrogens (tertiary/aromatic N) is 3. The third kappa shape index (κ3) is 2.77. The summed E-state index contributed by atoms with van der Waals surface area (Å²) < 4.78 is 6.39. The van der Waals surface area contributed by atoms with Crippen molar-refractivity contribution in [2.24, 2.45) is 11.7 Å². The Morgan fingerprint density at radius 1 is 1.48 bits per heavy atom. The summed E-state index contributed by atoms with van der Waals surface area (Å²) in [7, 11) is 1.49. The van der Waals surface area contributed by atoms with E-state index in [1.807, 2.05) is 0 Å². The first-order valence-electron chi connectivity index (χ1n) is 7.47. The zero-order chi connectivity index (χ0) is 16.6. The number of nitrogens with two attached hydrogens (primary N) is 1. The quantitative estimate of drug-likeness (QED) is 0.834. The molecule has 0 radical (unpaired) electrons. The summed E-state index contributed by atoms with van der Waals surface area (Å²) in [4.78, 5) is 28.3. The largest absolute Gasteiger partial charge is 0.378 e. The summed E-state index contributed by atoms with van der Waals surface area (Å²) in [6.07, 6.45) is 3.42. The molecule has 122 valence electrons. The third-order valence-electron chi connectivity index (χ3n) is 4.06. The van der Waals surface area contributed by atoms with Gasteiger partial charge in [-0.15, -0.1) is 0 Å². The lowest BCUT2D eigenvalue weighted by Crippen LogP contribution is -2.43. The second-order valence-corrected chi connectivity index (χ2v) is 5.93. The average molecular weight is 317 g/mol. The standard InChI is InChI=1S/C15H19N5O3/c1-8-5-9(6-8)18-15(22)11-3-4-17-14-12(13(16)21)10(7-23-2)19-20(11)14/h3-4,8-9H,5-7H2,1-2H3,(H2,16,21)(H,18,22)/t8-,9-. The van der Waals surface area contributed by atoms with Crippen molar-refractivity contribution in [3.05, 3.63) is 29.2 Å². The molecule has 2 heterocycles. The molecule has 23 heavy (non-hydrogen) atoms. The summed E-state index contributed by atoms with van der Waals surface area (Å²) in [5.41, 5.74) is 6.55. The summed E-state index contributed by atoms with van der Waals surface area (Å²) in [6.45, 7) is 2.26. The lowest BCUT2D eigenvalue weighted by Gasteiger charge is -2.33. The number of carbonyl (C=O) groups excluding carboxylic acids is 2. The molecule has 3 rings (SSSR count). The van der Waals surface area contributed by atoms with Crippen LogP contribution in [0.2, 0.25) is 0 Å². The number of fused-ring (bicyclic) bond motifs is 1. The summed E-state index contributed by atoms with van der Waals surface area (Å²) in [5, 5.41) is 7.25. The molecule has 0 aromatic carbocycles. The number of amides is 2. The van der Waals surface area contributed by atoms with Gasteiger partial charge < -0.3 is 15.8 Å². The highest BCUT2D eigenvalue weighted by molar-refractivity contribution is 6.01. The van der Waals surface area contributed by atoms with E-state index < -0.39 is 5.91 Å². The van der Waals surface area contributed by atoms with Crippen molar-refractivity contribution in [3.63, 3.8) is 0 Å². The smallest absolute Gasteiger partial charge is 0.270 e. The maximum Gasteiger partial charge on any atom is 0.270 e. The number of nitrogens with one attached hydrogen (secondary N) is 1. The minimum absolute atomic E-state index is 0.114. The Balaban J connectivity index is 1.99. The molecule has 0 spiro atoms. The van der Waals surface area contributed by atoms with Crippen LogP contribution in [-0.2, 0) is 11.3 Å². The van der Waals surface area contributed by atoms with Gasteiger partial charge in [-0.2, -0.15) is 5.10 Å². The third-order valence-corrected chi connectivity index (χ3v) is 4.06. The van der Waals surface area contributed by atoms with E-state index in [-0.39, 0.29) is 29.8 Å². The van der Waals surface area contributed by atoms with E-state index in [0.717, 1.165) is 12.8 Å². The van der Waals surface area contributed by atoms with Gasteiger partial charge >= 0.3 is 0 Å². The van der Waals surface area contributed by atoms with Gasteiger partial charge in [0.1, 0.15) is 17.0 Å². The molecule has 1 fully saturated rings. The van der Waals surface area contributed by atoms with E-state index in [1.54, 1.807) is 6.07 Å². The molecule has 0 atom stereocenters. The molecule has 2 amide bonds. The number of methoxy groups -OCH3 is 1. The van der Waals surface area contributed by atoms with E-state index in [1.165, 1.54) is 17.8 Å². The van der Waals surface area contributed by atoms with Crippen molar-refractivity contribution >= 4 is 17.5 Å². The number of primary amides is 1.